The molecule has 11 heavy (non-hydrogen) atoms. The monoisotopic (exact) mass is 153 g/mol. The van der Waals surface area contributed by atoms with Gasteiger partial charge < -0.3 is 4.90 Å². The minimum atomic E-state index is 0.253. The maximum Gasteiger partial charge on any atom is 0.226 e. The second-order valence-electron chi connectivity index (χ2n) is 2.97. The summed E-state index contributed by atoms with van der Waals surface area (Å²) in [5.74, 6) is 0.253. The van der Waals surface area contributed by atoms with Crippen molar-refractivity contribution in [3.05, 3.63) is 12.3 Å². The Hall–Kier alpha value is -0.790. The molecule has 1 amide bonds. The van der Waals surface area contributed by atoms with E-state index in [1.54, 1.807) is 0 Å². The van der Waals surface area contributed by atoms with Crippen LogP contribution >= 0.6 is 0 Å². The van der Waals surface area contributed by atoms with Crippen LogP contribution in [0.2, 0.25) is 0 Å². The molecule has 1 aliphatic heterocycles. The molecule has 2 nitrogen and oxygen atoms in total. The van der Waals surface area contributed by atoms with Gasteiger partial charge in [0.1, 0.15) is 0 Å². The van der Waals surface area contributed by atoms with Crippen LogP contribution in [0.1, 0.15) is 32.6 Å². The molecule has 0 unspecified atom stereocenters. The summed E-state index contributed by atoms with van der Waals surface area (Å²) in [6.07, 6.45) is 3.70. The molecule has 1 rings (SSSR count). The van der Waals surface area contributed by atoms with Gasteiger partial charge in [-0.2, -0.15) is 0 Å². The summed E-state index contributed by atoms with van der Waals surface area (Å²) < 4.78 is 0. The molecule has 1 heterocycles. The van der Waals surface area contributed by atoms with Crippen LogP contribution in [0.25, 0.3) is 0 Å². The van der Waals surface area contributed by atoms with Crippen LogP contribution in [0.5, 0.6) is 0 Å². The average Bonchev–Trinajstić information content (AvgIpc) is 1.97. The van der Waals surface area contributed by atoms with Crippen LogP contribution in [0, 0.1) is 0 Å². The second-order valence-corrected chi connectivity index (χ2v) is 2.97. The Bertz CT molecular complexity index is 158. The van der Waals surface area contributed by atoms with Crippen molar-refractivity contribution in [3.63, 3.8) is 0 Å². The highest BCUT2D eigenvalue weighted by atomic mass is 16.2. The fraction of sp³-hybridized carbons (Fsp3) is 0.667. The molecule has 62 valence electrons. The van der Waals surface area contributed by atoms with E-state index in [9.17, 15) is 4.79 Å². The second kappa shape index (κ2) is 3.56. The maximum atomic E-state index is 11.3. The van der Waals surface area contributed by atoms with Gasteiger partial charge in [-0.15, -0.1) is 0 Å². The smallest absolute Gasteiger partial charge is 0.226 e. The van der Waals surface area contributed by atoms with E-state index in [4.69, 9.17) is 0 Å². The fourth-order valence-corrected chi connectivity index (χ4v) is 1.40. The van der Waals surface area contributed by atoms with Crippen molar-refractivity contribution >= 4 is 5.91 Å². The number of piperidine rings is 1. The summed E-state index contributed by atoms with van der Waals surface area (Å²) in [6, 6.07) is 0. The molecule has 1 aliphatic rings. The molecule has 0 aliphatic carbocycles. The van der Waals surface area contributed by atoms with Gasteiger partial charge in [0, 0.05) is 18.7 Å². The highest BCUT2D eigenvalue weighted by molar-refractivity contribution is 5.78. The summed E-state index contributed by atoms with van der Waals surface area (Å²) in [6.45, 7) is 6.79. The number of rotatable bonds is 2. The molecule has 0 saturated carbocycles. The van der Waals surface area contributed by atoms with Gasteiger partial charge in [0.2, 0.25) is 5.91 Å². The van der Waals surface area contributed by atoms with Gasteiger partial charge in [-0.05, 0) is 19.3 Å². The fourth-order valence-electron chi connectivity index (χ4n) is 1.40. The van der Waals surface area contributed by atoms with E-state index in [1.807, 2.05) is 4.90 Å². The van der Waals surface area contributed by atoms with Gasteiger partial charge >= 0.3 is 0 Å². The lowest BCUT2D eigenvalue weighted by atomic mass is 10.1. The van der Waals surface area contributed by atoms with E-state index in [0.29, 0.717) is 6.42 Å². The number of hydrogen-bond donors (Lipinski definition) is 0. The zero-order chi connectivity index (χ0) is 8.27. The van der Waals surface area contributed by atoms with Crippen LogP contribution in [0.4, 0.5) is 0 Å². The SMILES string of the molecule is C=C1CCCC(=O)N1CCC. The van der Waals surface area contributed by atoms with Crippen LogP contribution in [-0.4, -0.2) is 17.4 Å². The Labute approximate surface area is 67.9 Å². The largest absolute Gasteiger partial charge is 0.317 e. The lowest BCUT2D eigenvalue weighted by Crippen LogP contribution is -2.33. The van der Waals surface area contributed by atoms with Crippen molar-refractivity contribution < 1.29 is 4.79 Å². The van der Waals surface area contributed by atoms with Crippen molar-refractivity contribution in [3.8, 4) is 0 Å². The standard InChI is InChI=1S/C9H15NO/c1-3-7-10-8(2)5-4-6-9(10)11/h2-7H2,1H3. The first kappa shape index (κ1) is 8.31. The third-order valence-electron chi connectivity index (χ3n) is 1.99. The molecular weight excluding hydrogens is 138 g/mol. The topological polar surface area (TPSA) is 20.3 Å². The first-order valence-corrected chi connectivity index (χ1v) is 4.24. The third kappa shape index (κ3) is 1.82. The van der Waals surface area contributed by atoms with E-state index in [2.05, 4.69) is 13.5 Å². The minimum absolute atomic E-state index is 0.253. The van der Waals surface area contributed by atoms with Crippen LogP contribution in [0.15, 0.2) is 12.3 Å². The van der Waals surface area contributed by atoms with Gasteiger partial charge in [0.25, 0.3) is 0 Å². The number of amides is 1. The Balaban J connectivity index is 2.55. The quantitative estimate of drug-likeness (QED) is 0.593. The molecule has 0 atom stereocenters. The normalized spacial score (nSPS) is 19.2. The number of carbonyl (C=O) groups is 1. The first-order chi connectivity index (χ1) is 5.25. The Morgan fingerprint density at radius 1 is 1.55 bits per heavy atom. The number of hydrogen-bond acceptors (Lipinski definition) is 1. The van der Waals surface area contributed by atoms with Gasteiger partial charge in [0.05, 0.1) is 0 Å². The molecule has 0 radical (unpaired) electrons. The highest BCUT2D eigenvalue weighted by Gasteiger charge is 2.19. The summed E-state index contributed by atoms with van der Waals surface area (Å²) in [4.78, 5) is 13.1. The molecule has 0 aromatic rings. The predicted octanol–water partition coefficient (Wildman–Crippen LogP) is 1.92. The van der Waals surface area contributed by atoms with E-state index in [-0.39, 0.29) is 5.91 Å². The van der Waals surface area contributed by atoms with Crippen molar-refractivity contribution in [1.29, 1.82) is 0 Å². The molecule has 1 fully saturated rings. The molecule has 0 bridgehead atoms. The highest BCUT2D eigenvalue weighted by Crippen LogP contribution is 2.19. The maximum absolute atomic E-state index is 11.3. The number of nitrogens with zero attached hydrogens (tertiary/aromatic N) is 1. The Morgan fingerprint density at radius 3 is 2.82 bits per heavy atom. The van der Waals surface area contributed by atoms with Gasteiger partial charge in [-0.3, -0.25) is 4.79 Å². The van der Waals surface area contributed by atoms with E-state index >= 15 is 0 Å². The summed E-state index contributed by atoms with van der Waals surface area (Å²) in [5, 5.41) is 0. The first-order valence-electron chi connectivity index (χ1n) is 4.24. The average molecular weight is 153 g/mol. The van der Waals surface area contributed by atoms with Gasteiger partial charge in [-0.25, -0.2) is 0 Å². The molecule has 0 spiro atoms. The Kier molecular flexibility index (Phi) is 2.69. The predicted molar refractivity (Wildman–Crippen MR) is 45.0 cm³/mol. The number of likely N-dealkylation sites (tertiary alicyclic amines) is 1. The zero-order valence-electron chi connectivity index (χ0n) is 7.10. The van der Waals surface area contributed by atoms with Crippen LogP contribution in [0.3, 0.4) is 0 Å². The van der Waals surface area contributed by atoms with Gasteiger partial charge in [0.15, 0.2) is 0 Å². The minimum Gasteiger partial charge on any atom is -0.317 e. The van der Waals surface area contributed by atoms with Crippen molar-refractivity contribution in [2.75, 3.05) is 6.54 Å². The Morgan fingerprint density at radius 2 is 2.27 bits per heavy atom. The molecule has 2 heteroatoms. The van der Waals surface area contributed by atoms with Crippen molar-refractivity contribution in [1.82, 2.24) is 4.90 Å². The van der Waals surface area contributed by atoms with Gasteiger partial charge in [-0.1, -0.05) is 13.5 Å². The van der Waals surface area contributed by atoms with Crippen LogP contribution in [-0.2, 0) is 4.79 Å². The lowest BCUT2D eigenvalue weighted by molar-refractivity contribution is -0.130. The van der Waals surface area contributed by atoms with Crippen LogP contribution < -0.4 is 0 Å². The lowest BCUT2D eigenvalue weighted by Gasteiger charge is -2.28. The van der Waals surface area contributed by atoms with E-state index < -0.39 is 0 Å². The van der Waals surface area contributed by atoms with E-state index in [1.165, 1.54) is 0 Å². The summed E-state index contributed by atoms with van der Waals surface area (Å²) >= 11 is 0. The van der Waals surface area contributed by atoms with E-state index in [0.717, 1.165) is 31.5 Å². The third-order valence-corrected chi connectivity index (χ3v) is 1.99. The molecular formula is C9H15NO. The van der Waals surface area contributed by atoms with Crippen molar-refractivity contribution in [2.24, 2.45) is 0 Å². The molecule has 1 saturated heterocycles. The number of carbonyl (C=O) groups excluding carboxylic acids is 1. The number of allylic oxidation sites excluding steroid dienone is 1. The van der Waals surface area contributed by atoms with Crippen molar-refractivity contribution in [2.45, 2.75) is 32.6 Å². The zero-order valence-corrected chi connectivity index (χ0v) is 7.10. The molecule has 0 N–H and O–H groups in total. The molecule has 0 aromatic carbocycles. The summed E-state index contributed by atoms with van der Waals surface area (Å²) in [5.41, 5.74) is 1.00. The summed E-state index contributed by atoms with van der Waals surface area (Å²) in [7, 11) is 0. The molecule has 0 aromatic heterocycles.